The highest BCUT2D eigenvalue weighted by atomic mass is 16.5. The van der Waals surface area contributed by atoms with Gasteiger partial charge in [0.05, 0.1) is 30.5 Å². The van der Waals surface area contributed by atoms with Crippen LogP contribution in [-0.4, -0.2) is 70.5 Å². The number of aryl methyl sites for hydroxylation is 1. The number of aromatic nitrogens is 2. The van der Waals surface area contributed by atoms with E-state index < -0.39 is 0 Å². The highest BCUT2D eigenvalue weighted by Crippen LogP contribution is 2.36. The van der Waals surface area contributed by atoms with Crippen LogP contribution in [0.15, 0.2) is 12.1 Å². The van der Waals surface area contributed by atoms with Crippen LogP contribution < -0.4 is 5.32 Å². The van der Waals surface area contributed by atoms with Gasteiger partial charge in [-0.05, 0) is 44.7 Å². The van der Waals surface area contributed by atoms with Crippen LogP contribution in [0.3, 0.4) is 0 Å². The molecule has 3 fully saturated rings. The molecule has 4 heterocycles. The summed E-state index contributed by atoms with van der Waals surface area (Å²) in [6.45, 7) is 5.95. The molecule has 3 aliphatic heterocycles. The summed E-state index contributed by atoms with van der Waals surface area (Å²) in [5.41, 5.74) is 0.705. The van der Waals surface area contributed by atoms with E-state index in [4.69, 9.17) is 4.74 Å². The fourth-order valence-electron chi connectivity index (χ4n) is 4.28. The van der Waals surface area contributed by atoms with E-state index in [1.54, 1.807) is 0 Å². The van der Waals surface area contributed by atoms with Crippen molar-refractivity contribution in [2.45, 2.75) is 50.7 Å². The van der Waals surface area contributed by atoms with E-state index in [1.807, 2.05) is 28.9 Å². The molecule has 2 amide bonds. The van der Waals surface area contributed by atoms with Gasteiger partial charge in [0, 0.05) is 26.1 Å². The fraction of sp³-hybridized carbons (Fsp3) is 0.722. The maximum Gasteiger partial charge on any atom is 0.320 e. The first-order valence-electron chi connectivity index (χ1n) is 9.38. The molecule has 7 heteroatoms. The summed E-state index contributed by atoms with van der Waals surface area (Å²) >= 11 is 0. The third-order valence-electron chi connectivity index (χ3n) is 5.55. The first-order chi connectivity index (χ1) is 12.1. The van der Waals surface area contributed by atoms with E-state index in [0.29, 0.717) is 13.2 Å². The summed E-state index contributed by atoms with van der Waals surface area (Å²) < 4.78 is 6.21. The van der Waals surface area contributed by atoms with E-state index >= 15 is 0 Å². The molecule has 0 bridgehead atoms. The number of anilines is 1. The lowest BCUT2D eigenvalue weighted by Crippen LogP contribution is -2.53. The van der Waals surface area contributed by atoms with Crippen molar-refractivity contribution in [1.29, 1.82) is 0 Å². The average molecular weight is 345 g/mol. The Bertz CT molecular complexity index is 616. The van der Waals surface area contributed by atoms with Crippen molar-refractivity contribution >= 4 is 11.8 Å². The Hall–Kier alpha value is -1.89. The van der Waals surface area contributed by atoms with Crippen LogP contribution in [0, 0.1) is 6.92 Å². The second kappa shape index (κ2) is 6.78. The van der Waals surface area contributed by atoms with Crippen molar-refractivity contribution in [2.75, 3.05) is 38.1 Å². The molecule has 2 unspecified atom stereocenters. The topological polar surface area (TPSA) is 70.6 Å². The number of hydrogen-bond donors (Lipinski definition) is 1. The van der Waals surface area contributed by atoms with Gasteiger partial charge in [0.15, 0.2) is 0 Å². The molecule has 4 rings (SSSR count). The number of carbonyl (C=O) groups is 1. The summed E-state index contributed by atoms with van der Waals surface area (Å²) in [6, 6.07) is 4.33. The lowest BCUT2D eigenvalue weighted by Gasteiger charge is -2.41. The first-order valence-corrected chi connectivity index (χ1v) is 9.38. The lowest BCUT2D eigenvalue weighted by atomic mass is 9.89. The van der Waals surface area contributed by atoms with Crippen LogP contribution in [0.5, 0.6) is 0 Å². The van der Waals surface area contributed by atoms with Gasteiger partial charge in [-0.1, -0.05) is 0 Å². The van der Waals surface area contributed by atoms with Crippen molar-refractivity contribution in [3.05, 3.63) is 17.8 Å². The number of carbonyl (C=O) groups excluding carboxylic acids is 1. The second-order valence-corrected chi connectivity index (χ2v) is 7.60. The molecule has 0 radical (unpaired) electrons. The van der Waals surface area contributed by atoms with Gasteiger partial charge in [-0.15, -0.1) is 5.10 Å². The zero-order valence-electron chi connectivity index (χ0n) is 14.9. The minimum atomic E-state index is -0.205. The summed E-state index contributed by atoms with van der Waals surface area (Å²) in [6.07, 6.45) is 5.20. The van der Waals surface area contributed by atoms with Gasteiger partial charge >= 0.3 is 6.03 Å². The third kappa shape index (κ3) is 3.56. The minimum absolute atomic E-state index is 0.195. The number of urea groups is 1. The molecule has 2 atom stereocenters. The van der Waals surface area contributed by atoms with Crippen LogP contribution in [0.2, 0.25) is 0 Å². The van der Waals surface area contributed by atoms with Gasteiger partial charge in [-0.3, -0.25) is 0 Å². The van der Waals surface area contributed by atoms with Gasteiger partial charge in [0.1, 0.15) is 5.82 Å². The number of nitrogens with zero attached hydrogens (tertiary/aromatic N) is 4. The molecule has 1 aromatic heterocycles. The van der Waals surface area contributed by atoms with Crippen molar-refractivity contribution in [3.8, 4) is 0 Å². The highest BCUT2D eigenvalue weighted by molar-refractivity contribution is 5.75. The van der Waals surface area contributed by atoms with E-state index in [0.717, 1.165) is 63.3 Å². The minimum Gasteiger partial charge on any atom is -0.371 e. The Labute approximate surface area is 148 Å². The van der Waals surface area contributed by atoms with E-state index in [-0.39, 0.29) is 17.7 Å². The quantitative estimate of drug-likeness (QED) is 0.888. The average Bonchev–Trinajstić information content (AvgIpc) is 3.27. The summed E-state index contributed by atoms with van der Waals surface area (Å²) in [5.74, 6) is 0.789. The van der Waals surface area contributed by atoms with Crippen LogP contribution in [-0.2, 0) is 4.74 Å². The van der Waals surface area contributed by atoms with Gasteiger partial charge in [0.25, 0.3) is 0 Å². The number of ether oxygens (including phenoxy) is 1. The smallest absolute Gasteiger partial charge is 0.320 e. The number of rotatable bonds is 2. The molecule has 136 valence electrons. The lowest BCUT2D eigenvalue weighted by molar-refractivity contribution is -0.0435. The zero-order chi connectivity index (χ0) is 17.3. The maximum absolute atomic E-state index is 12.7. The van der Waals surface area contributed by atoms with Crippen LogP contribution in [0.4, 0.5) is 10.6 Å². The van der Waals surface area contributed by atoms with Gasteiger partial charge in [0.2, 0.25) is 0 Å². The number of likely N-dealkylation sites (tertiary alicyclic amines) is 2. The molecule has 7 nitrogen and oxygen atoms in total. The standard InChI is InChI=1S/C18H27N5O2/c1-14-5-6-16(21-20-14)19-15-11-18(25-12-15)7-4-10-23(13-18)17(24)22-8-2-3-9-22/h5-6,15H,2-4,7-13H2,1H3,(H,19,21). The van der Waals surface area contributed by atoms with Gasteiger partial charge < -0.3 is 19.9 Å². The molecule has 1 N–H and O–H groups in total. The first kappa shape index (κ1) is 16.6. The Morgan fingerprint density at radius 2 is 2.00 bits per heavy atom. The fourth-order valence-corrected chi connectivity index (χ4v) is 4.28. The predicted molar refractivity (Wildman–Crippen MR) is 94.5 cm³/mol. The molecule has 3 saturated heterocycles. The second-order valence-electron chi connectivity index (χ2n) is 7.60. The van der Waals surface area contributed by atoms with Crippen molar-refractivity contribution in [3.63, 3.8) is 0 Å². The Morgan fingerprint density at radius 3 is 2.76 bits per heavy atom. The normalized spacial score (nSPS) is 29.4. The van der Waals surface area contributed by atoms with Crippen molar-refractivity contribution in [2.24, 2.45) is 0 Å². The molecule has 1 aromatic rings. The number of nitrogens with one attached hydrogen (secondary N) is 1. The van der Waals surface area contributed by atoms with E-state index in [2.05, 4.69) is 15.5 Å². The van der Waals surface area contributed by atoms with Crippen LogP contribution in [0.1, 0.15) is 37.8 Å². The molecular weight excluding hydrogens is 318 g/mol. The molecule has 3 aliphatic rings. The van der Waals surface area contributed by atoms with Gasteiger partial charge in [-0.2, -0.15) is 5.10 Å². The third-order valence-corrected chi connectivity index (χ3v) is 5.55. The molecule has 25 heavy (non-hydrogen) atoms. The number of hydrogen-bond acceptors (Lipinski definition) is 5. The molecular formula is C18H27N5O2. The summed E-state index contributed by atoms with van der Waals surface area (Å²) in [5, 5.41) is 11.7. The SMILES string of the molecule is Cc1ccc(NC2COC3(CCCN(C(=O)N4CCCC4)C3)C2)nn1. The maximum atomic E-state index is 12.7. The number of amides is 2. The van der Waals surface area contributed by atoms with E-state index in [9.17, 15) is 4.79 Å². The van der Waals surface area contributed by atoms with E-state index in [1.165, 1.54) is 0 Å². The monoisotopic (exact) mass is 345 g/mol. The Kier molecular flexibility index (Phi) is 4.50. The Balaban J connectivity index is 1.37. The molecule has 0 saturated carbocycles. The summed E-state index contributed by atoms with van der Waals surface area (Å²) in [7, 11) is 0. The predicted octanol–water partition coefficient (Wildman–Crippen LogP) is 2.04. The number of piperidine rings is 1. The molecule has 0 aromatic carbocycles. The largest absolute Gasteiger partial charge is 0.371 e. The van der Waals surface area contributed by atoms with Crippen molar-refractivity contribution in [1.82, 2.24) is 20.0 Å². The Morgan fingerprint density at radius 1 is 1.20 bits per heavy atom. The van der Waals surface area contributed by atoms with Gasteiger partial charge in [-0.25, -0.2) is 4.79 Å². The zero-order valence-corrected chi connectivity index (χ0v) is 14.9. The van der Waals surface area contributed by atoms with Crippen LogP contribution >= 0.6 is 0 Å². The van der Waals surface area contributed by atoms with Crippen molar-refractivity contribution < 1.29 is 9.53 Å². The highest BCUT2D eigenvalue weighted by Gasteiger charge is 2.45. The van der Waals surface area contributed by atoms with Crippen LogP contribution in [0.25, 0.3) is 0 Å². The molecule has 0 aliphatic carbocycles. The molecule has 1 spiro atoms. The summed E-state index contributed by atoms with van der Waals surface area (Å²) in [4.78, 5) is 16.7.